The van der Waals surface area contributed by atoms with Crippen molar-refractivity contribution in [2.24, 2.45) is 0 Å². The molecule has 0 aliphatic heterocycles. The molecule has 11 heteroatoms. The molecule has 0 unspecified atom stereocenters. The number of unbranched alkanes of at least 4 members (excludes halogenated alkanes) is 1. The summed E-state index contributed by atoms with van der Waals surface area (Å²) in [5.74, 6) is 0. The van der Waals surface area contributed by atoms with Gasteiger partial charge in [0, 0.05) is 6.61 Å². The first kappa shape index (κ1) is 211. The number of hydrogen-bond acceptors (Lipinski definition) is 1. The van der Waals surface area contributed by atoms with Gasteiger partial charge in [-0.25, -0.2) is 0 Å². The lowest BCUT2D eigenvalue weighted by Gasteiger charge is -1.79. The molecule has 21 N–H and O–H groups in total. The summed E-state index contributed by atoms with van der Waals surface area (Å²) >= 11 is 0. The smallest absolute Gasteiger partial charge is 0.0430 e. The highest BCUT2D eigenvalue weighted by Gasteiger charge is 1.69. The Bertz CT molecular complexity index is 20.1. The van der Waals surface area contributed by atoms with Crippen molar-refractivity contribution < 1.29 is 59.9 Å². The van der Waals surface area contributed by atoms with Crippen LogP contribution in [0.5, 0.6) is 0 Å². The van der Waals surface area contributed by atoms with Gasteiger partial charge in [0.2, 0.25) is 0 Å². The molecule has 0 aliphatic rings. The minimum Gasteiger partial charge on any atom is -0.412 e. The highest BCUT2D eigenvalue weighted by Crippen LogP contribution is 1.78. The van der Waals surface area contributed by atoms with E-state index in [1.54, 1.807) is 0 Å². The minimum atomic E-state index is 0. The Hall–Kier alpha value is -0.440. The summed E-state index contributed by atoms with van der Waals surface area (Å²) in [6.45, 7) is 2.40. The van der Waals surface area contributed by atoms with Crippen LogP contribution >= 0.6 is 0 Å². The molecule has 0 atom stereocenters. The van der Waals surface area contributed by atoms with Crippen LogP contribution in [0.3, 0.4) is 0 Å². The van der Waals surface area contributed by atoms with E-state index in [1.807, 2.05) is 0 Å². The average molecular weight is 254 g/mol. The molecule has 0 amide bonds. The topological polar surface area (TPSA) is 335 Å². The van der Waals surface area contributed by atoms with Gasteiger partial charge in [-0.15, -0.1) is 0 Å². The fraction of sp³-hybridized carbons (Fsp3) is 1.00. The molecule has 0 saturated heterocycles. The molecule has 0 aromatic rings. The third-order valence-corrected chi connectivity index (χ3v) is 0.512. The van der Waals surface area contributed by atoms with E-state index in [0.29, 0.717) is 6.61 Å². The van der Waals surface area contributed by atoms with Crippen LogP contribution in [0.2, 0.25) is 0 Å². The number of aliphatic hydroxyl groups excluding tert-OH is 1. The van der Waals surface area contributed by atoms with Gasteiger partial charge in [-0.05, 0) is 6.42 Å². The molecule has 0 aromatic carbocycles. The lowest BCUT2D eigenvalue weighted by molar-refractivity contribution is 0.287. The van der Waals surface area contributed by atoms with Crippen LogP contribution in [0, 0.1) is 0 Å². The highest BCUT2D eigenvalue weighted by molar-refractivity contribution is 4.23. The summed E-state index contributed by atoms with van der Waals surface area (Å²) in [6.07, 6.45) is 2.04. The van der Waals surface area contributed by atoms with Crippen molar-refractivity contribution in [2.75, 3.05) is 6.61 Å². The number of hydrogen-bond donors (Lipinski definition) is 1. The van der Waals surface area contributed by atoms with Crippen LogP contribution in [-0.2, 0) is 0 Å². The van der Waals surface area contributed by atoms with Gasteiger partial charge in [0.05, 0.1) is 0 Å². The molecule has 0 aromatic heterocycles. The Labute approximate surface area is 87.4 Å². The monoisotopic (exact) mass is 254 g/mol. The Balaban J connectivity index is -0.00000000178. The summed E-state index contributed by atoms with van der Waals surface area (Å²) in [6, 6.07) is 0. The van der Waals surface area contributed by atoms with Gasteiger partial charge in [0.25, 0.3) is 0 Å². The van der Waals surface area contributed by atoms with Crippen molar-refractivity contribution in [3.63, 3.8) is 0 Å². The molecule has 0 aliphatic carbocycles. The maximum absolute atomic E-state index is 8.07. The van der Waals surface area contributed by atoms with Gasteiger partial charge in [0.15, 0.2) is 0 Å². The zero-order valence-corrected chi connectivity index (χ0v) is 8.57. The Kier molecular flexibility index (Phi) is 4600. The second-order valence-electron chi connectivity index (χ2n) is 1.08. The fourth-order valence-corrected chi connectivity index (χ4v) is 0.158. The lowest BCUT2D eigenvalue weighted by Crippen LogP contribution is -1.75. The van der Waals surface area contributed by atoms with E-state index in [4.69, 9.17) is 5.11 Å². The standard InChI is InChI=1S/C4H10O.10H2O/c1-2-3-4-5;;;;;;;;;;/h5H,2-4H2,1H3;10*1H2. The van der Waals surface area contributed by atoms with Crippen LogP contribution in [0.1, 0.15) is 19.8 Å². The molecule has 0 bridgehead atoms. The van der Waals surface area contributed by atoms with E-state index in [0.717, 1.165) is 12.8 Å². The van der Waals surface area contributed by atoms with Gasteiger partial charge in [0.1, 0.15) is 0 Å². The maximum Gasteiger partial charge on any atom is 0.0430 e. The van der Waals surface area contributed by atoms with Crippen molar-refractivity contribution in [3.05, 3.63) is 0 Å². The Morgan fingerprint density at radius 1 is 0.600 bits per heavy atom. The van der Waals surface area contributed by atoms with E-state index in [2.05, 4.69) is 6.92 Å². The molecule has 112 valence electrons. The molecular formula is C4H30O11. The summed E-state index contributed by atoms with van der Waals surface area (Å²) in [4.78, 5) is 0. The normalized spacial score (nSPS) is 2.80. The SMILES string of the molecule is CCCCO.O.O.O.O.O.O.O.O.O.O. The summed E-state index contributed by atoms with van der Waals surface area (Å²) in [5, 5.41) is 8.07. The third kappa shape index (κ3) is 745. The molecule has 0 fully saturated rings. The van der Waals surface area contributed by atoms with Crippen molar-refractivity contribution in [1.29, 1.82) is 0 Å². The second kappa shape index (κ2) is 326. The first-order chi connectivity index (χ1) is 2.41. The molecule has 11 nitrogen and oxygen atoms in total. The van der Waals surface area contributed by atoms with Crippen LogP contribution in [0.15, 0.2) is 0 Å². The summed E-state index contributed by atoms with van der Waals surface area (Å²) < 4.78 is 0. The molecular weight excluding hydrogens is 224 g/mol. The van der Waals surface area contributed by atoms with E-state index >= 15 is 0 Å². The number of rotatable bonds is 2. The van der Waals surface area contributed by atoms with E-state index < -0.39 is 0 Å². The largest absolute Gasteiger partial charge is 0.412 e. The Morgan fingerprint density at radius 3 is 0.800 bits per heavy atom. The van der Waals surface area contributed by atoms with Crippen LogP contribution < -0.4 is 0 Å². The average Bonchev–Trinajstić information content (AvgIpc) is 1.41. The summed E-state index contributed by atoms with van der Waals surface area (Å²) in [5.41, 5.74) is 0. The van der Waals surface area contributed by atoms with E-state index in [9.17, 15) is 0 Å². The van der Waals surface area contributed by atoms with Crippen molar-refractivity contribution in [2.45, 2.75) is 19.8 Å². The summed E-state index contributed by atoms with van der Waals surface area (Å²) in [7, 11) is 0. The molecule has 0 radical (unpaired) electrons. The predicted molar refractivity (Wildman–Crippen MR) is 58.1 cm³/mol. The van der Waals surface area contributed by atoms with Gasteiger partial charge in [-0.2, -0.15) is 0 Å². The van der Waals surface area contributed by atoms with Gasteiger partial charge in [-0.3, -0.25) is 0 Å². The van der Waals surface area contributed by atoms with Crippen molar-refractivity contribution in [1.82, 2.24) is 0 Å². The first-order valence-electron chi connectivity index (χ1n) is 2.02. The third-order valence-electron chi connectivity index (χ3n) is 0.512. The highest BCUT2D eigenvalue weighted by atomic mass is 16.2. The van der Waals surface area contributed by atoms with Crippen LogP contribution in [0.25, 0.3) is 0 Å². The maximum atomic E-state index is 8.07. The van der Waals surface area contributed by atoms with Crippen molar-refractivity contribution >= 4 is 0 Å². The molecule has 15 heavy (non-hydrogen) atoms. The minimum absolute atomic E-state index is 0. The van der Waals surface area contributed by atoms with Crippen LogP contribution in [0.4, 0.5) is 0 Å². The van der Waals surface area contributed by atoms with E-state index in [-0.39, 0.29) is 54.8 Å². The van der Waals surface area contributed by atoms with Crippen molar-refractivity contribution in [3.8, 4) is 0 Å². The van der Waals surface area contributed by atoms with E-state index in [1.165, 1.54) is 0 Å². The number of aliphatic hydroxyl groups is 1. The quantitative estimate of drug-likeness (QED) is 0.492. The fourth-order valence-electron chi connectivity index (χ4n) is 0.158. The van der Waals surface area contributed by atoms with Gasteiger partial charge >= 0.3 is 0 Å². The molecule has 0 rings (SSSR count). The Morgan fingerprint density at radius 2 is 0.800 bits per heavy atom. The predicted octanol–water partition coefficient (Wildman–Crippen LogP) is -7.47. The zero-order valence-electron chi connectivity index (χ0n) is 8.57. The van der Waals surface area contributed by atoms with Gasteiger partial charge < -0.3 is 59.9 Å². The molecule has 0 heterocycles. The lowest BCUT2D eigenvalue weighted by atomic mass is 10.4. The first-order valence-corrected chi connectivity index (χ1v) is 2.02. The van der Waals surface area contributed by atoms with Gasteiger partial charge in [-0.1, -0.05) is 13.3 Å². The molecule has 0 saturated carbocycles. The second-order valence-corrected chi connectivity index (χ2v) is 1.08. The van der Waals surface area contributed by atoms with Crippen LogP contribution in [-0.4, -0.2) is 66.5 Å². The molecule has 0 spiro atoms. The zero-order chi connectivity index (χ0) is 4.12.